The van der Waals surface area contributed by atoms with Crippen molar-refractivity contribution < 1.29 is 14.3 Å². The Kier molecular flexibility index (Phi) is 8.14. The summed E-state index contributed by atoms with van der Waals surface area (Å²) in [6.07, 6.45) is 14.9. The molecule has 216 valence electrons. The number of fused-ring (bicyclic) bond motifs is 3. The van der Waals surface area contributed by atoms with Crippen LogP contribution in [0.5, 0.6) is 0 Å². The van der Waals surface area contributed by atoms with Gasteiger partial charge in [0, 0.05) is 30.4 Å². The maximum absolute atomic E-state index is 13.9. The first-order valence-electron chi connectivity index (χ1n) is 15.1. The Labute approximate surface area is 240 Å². The van der Waals surface area contributed by atoms with Crippen molar-refractivity contribution in [2.75, 3.05) is 7.11 Å². The number of nitrogens with one attached hydrogen (secondary N) is 1. The molecule has 1 aliphatic carbocycles. The van der Waals surface area contributed by atoms with Gasteiger partial charge in [0.05, 0.1) is 35.9 Å². The molecule has 3 aliphatic rings. The predicted octanol–water partition coefficient (Wildman–Crippen LogP) is 4.79. The van der Waals surface area contributed by atoms with Crippen LogP contribution in [-0.2, 0) is 11.3 Å². The van der Waals surface area contributed by atoms with E-state index >= 15 is 0 Å². The standard InChI is InChI=1S/C32H39N5O4/c1-41-32(40)21-13-14-22(33-19-21)20-34-30(38)29-31(39)37(28-12-8-7-11-27(28)35-29)26-17-24-15-16-25(18-26)36(24)23-9-5-3-2-4-6-10-23/h7-8,11-14,19,23-26H,2-6,9-10,15-18,20H2,1H3,(H,34,38)/t24-,25+,26?. The number of nitrogens with zero attached hydrogens (tertiary/aromatic N) is 4. The molecule has 1 unspecified atom stereocenters. The van der Waals surface area contributed by atoms with Gasteiger partial charge in [0.15, 0.2) is 5.69 Å². The number of benzene rings is 1. The maximum Gasteiger partial charge on any atom is 0.339 e. The molecule has 3 aromatic rings. The van der Waals surface area contributed by atoms with Gasteiger partial charge in [0.2, 0.25) is 0 Å². The lowest BCUT2D eigenvalue weighted by Crippen LogP contribution is -2.50. The summed E-state index contributed by atoms with van der Waals surface area (Å²) < 4.78 is 6.57. The van der Waals surface area contributed by atoms with Crippen molar-refractivity contribution in [3.8, 4) is 0 Å². The summed E-state index contributed by atoms with van der Waals surface area (Å²) in [7, 11) is 1.31. The molecule has 2 aromatic heterocycles. The number of rotatable bonds is 6. The van der Waals surface area contributed by atoms with E-state index in [1.807, 2.05) is 28.8 Å². The molecule has 41 heavy (non-hydrogen) atoms. The summed E-state index contributed by atoms with van der Waals surface area (Å²) >= 11 is 0. The normalized spacial score (nSPS) is 23.6. The number of piperidine rings is 1. The van der Waals surface area contributed by atoms with E-state index < -0.39 is 11.9 Å². The highest BCUT2D eigenvalue weighted by molar-refractivity contribution is 5.94. The van der Waals surface area contributed by atoms with Crippen LogP contribution in [-0.4, -0.2) is 56.5 Å². The molecule has 1 N–H and O–H groups in total. The molecule has 1 aromatic carbocycles. The van der Waals surface area contributed by atoms with Crippen molar-refractivity contribution >= 4 is 22.9 Å². The summed E-state index contributed by atoms with van der Waals surface area (Å²) in [6.45, 7) is 0.109. The molecule has 2 aliphatic heterocycles. The van der Waals surface area contributed by atoms with Crippen LogP contribution in [0.3, 0.4) is 0 Å². The first-order chi connectivity index (χ1) is 20.0. The number of amides is 1. The van der Waals surface area contributed by atoms with Crippen LogP contribution in [0.15, 0.2) is 47.4 Å². The van der Waals surface area contributed by atoms with Gasteiger partial charge in [-0.15, -0.1) is 0 Å². The lowest BCUT2D eigenvalue weighted by Gasteiger charge is -2.45. The number of carbonyl (C=O) groups excluding carboxylic acids is 2. The van der Waals surface area contributed by atoms with E-state index in [1.165, 1.54) is 71.1 Å². The second kappa shape index (κ2) is 12.1. The van der Waals surface area contributed by atoms with Crippen molar-refractivity contribution in [3.05, 3.63) is 69.9 Å². The minimum atomic E-state index is -0.525. The van der Waals surface area contributed by atoms with E-state index in [9.17, 15) is 14.4 Å². The highest BCUT2D eigenvalue weighted by atomic mass is 16.5. The molecule has 2 saturated heterocycles. The summed E-state index contributed by atoms with van der Waals surface area (Å²) in [5.74, 6) is -0.999. The van der Waals surface area contributed by atoms with E-state index in [0.717, 1.165) is 18.4 Å². The first kappa shape index (κ1) is 27.6. The Hall–Kier alpha value is -3.59. The molecule has 4 heterocycles. The first-order valence-corrected chi connectivity index (χ1v) is 15.1. The van der Waals surface area contributed by atoms with E-state index in [2.05, 4.69) is 20.2 Å². The average Bonchev–Trinajstić information content (AvgIpc) is 3.23. The van der Waals surface area contributed by atoms with Gasteiger partial charge in [0.25, 0.3) is 11.5 Å². The third-order valence-corrected chi connectivity index (χ3v) is 9.31. The summed E-state index contributed by atoms with van der Waals surface area (Å²) in [5, 5.41) is 2.80. The number of hydrogen-bond donors (Lipinski definition) is 1. The van der Waals surface area contributed by atoms with Crippen LogP contribution in [0.1, 0.15) is 103 Å². The van der Waals surface area contributed by atoms with Gasteiger partial charge in [-0.3, -0.25) is 19.5 Å². The maximum atomic E-state index is 13.9. The van der Waals surface area contributed by atoms with Crippen LogP contribution in [0.25, 0.3) is 11.0 Å². The van der Waals surface area contributed by atoms with Crippen LogP contribution >= 0.6 is 0 Å². The molecule has 9 heteroatoms. The van der Waals surface area contributed by atoms with Crippen molar-refractivity contribution in [2.24, 2.45) is 0 Å². The van der Waals surface area contributed by atoms with Crippen molar-refractivity contribution in [1.82, 2.24) is 24.8 Å². The Morgan fingerprint density at radius 3 is 2.29 bits per heavy atom. The number of aromatic nitrogens is 3. The molecular weight excluding hydrogens is 518 g/mol. The zero-order chi connectivity index (χ0) is 28.3. The molecule has 6 rings (SSSR count). The van der Waals surface area contributed by atoms with E-state index in [4.69, 9.17) is 4.74 Å². The van der Waals surface area contributed by atoms with Crippen LogP contribution in [0.4, 0.5) is 0 Å². The van der Waals surface area contributed by atoms with Crippen molar-refractivity contribution in [3.63, 3.8) is 0 Å². The van der Waals surface area contributed by atoms with Gasteiger partial charge in [-0.2, -0.15) is 0 Å². The van der Waals surface area contributed by atoms with Gasteiger partial charge < -0.3 is 14.6 Å². The molecule has 0 spiro atoms. The minimum Gasteiger partial charge on any atom is -0.465 e. The summed E-state index contributed by atoms with van der Waals surface area (Å²) in [4.78, 5) is 50.5. The number of pyridine rings is 1. The Balaban J connectivity index is 1.23. The van der Waals surface area contributed by atoms with Gasteiger partial charge in [-0.1, -0.05) is 44.2 Å². The van der Waals surface area contributed by atoms with Crippen LogP contribution in [0.2, 0.25) is 0 Å². The highest BCUT2D eigenvalue weighted by Crippen LogP contribution is 2.44. The zero-order valence-electron chi connectivity index (χ0n) is 23.8. The zero-order valence-corrected chi connectivity index (χ0v) is 23.8. The number of esters is 1. The van der Waals surface area contributed by atoms with Gasteiger partial charge in [0.1, 0.15) is 0 Å². The fourth-order valence-corrected chi connectivity index (χ4v) is 7.41. The monoisotopic (exact) mass is 557 g/mol. The lowest BCUT2D eigenvalue weighted by molar-refractivity contribution is 0.0496. The molecular formula is C32H39N5O4. The number of hydrogen-bond acceptors (Lipinski definition) is 7. The fourth-order valence-electron chi connectivity index (χ4n) is 7.41. The second-order valence-electron chi connectivity index (χ2n) is 11.8. The minimum absolute atomic E-state index is 0.0387. The van der Waals surface area contributed by atoms with Crippen LogP contribution in [0, 0.1) is 0 Å². The quantitative estimate of drug-likeness (QED) is 0.435. The summed E-state index contributed by atoms with van der Waals surface area (Å²) in [6, 6.07) is 12.6. The average molecular weight is 558 g/mol. The second-order valence-corrected chi connectivity index (χ2v) is 11.8. The molecule has 1 amide bonds. The molecule has 3 fully saturated rings. The third kappa shape index (κ3) is 5.64. The van der Waals surface area contributed by atoms with Gasteiger partial charge in [-0.05, 0) is 62.8 Å². The predicted molar refractivity (Wildman–Crippen MR) is 156 cm³/mol. The Bertz CT molecular complexity index is 1450. The number of ether oxygens (including phenoxy) is 1. The molecule has 1 saturated carbocycles. The smallest absolute Gasteiger partial charge is 0.339 e. The topological polar surface area (TPSA) is 106 Å². The number of methoxy groups -OCH3 is 1. The number of carbonyl (C=O) groups is 2. The summed E-state index contributed by atoms with van der Waals surface area (Å²) in [5.41, 5.74) is 1.90. The lowest BCUT2D eigenvalue weighted by atomic mass is 9.89. The number of para-hydroxylation sites is 2. The van der Waals surface area contributed by atoms with Gasteiger partial charge >= 0.3 is 5.97 Å². The fraction of sp³-hybridized carbons (Fsp3) is 0.531. The van der Waals surface area contributed by atoms with Crippen molar-refractivity contribution in [1.29, 1.82) is 0 Å². The van der Waals surface area contributed by atoms with Crippen molar-refractivity contribution in [2.45, 2.75) is 101 Å². The Morgan fingerprint density at radius 2 is 1.61 bits per heavy atom. The molecule has 3 atom stereocenters. The largest absolute Gasteiger partial charge is 0.465 e. The Morgan fingerprint density at radius 1 is 0.902 bits per heavy atom. The van der Waals surface area contributed by atoms with E-state index in [1.54, 1.807) is 12.1 Å². The van der Waals surface area contributed by atoms with Gasteiger partial charge in [-0.25, -0.2) is 9.78 Å². The molecule has 0 radical (unpaired) electrons. The third-order valence-electron chi connectivity index (χ3n) is 9.31. The van der Waals surface area contributed by atoms with E-state index in [-0.39, 0.29) is 23.8 Å². The molecule has 2 bridgehead atoms. The van der Waals surface area contributed by atoms with Crippen LogP contribution < -0.4 is 10.9 Å². The van der Waals surface area contributed by atoms with E-state index in [0.29, 0.717) is 34.9 Å². The SMILES string of the molecule is COC(=O)c1ccc(CNC(=O)c2nc3ccccc3n(C3C[C@H]4CC[C@@H](C3)N4C3CCCCCCC3)c2=O)nc1. The highest BCUT2D eigenvalue weighted by Gasteiger charge is 2.44. The molecule has 9 nitrogen and oxygen atoms in total.